The Morgan fingerprint density at radius 1 is 1.39 bits per heavy atom. The van der Waals surface area contributed by atoms with Crippen molar-refractivity contribution in [2.45, 2.75) is 46.1 Å². The number of carbonyl (C=O) groups is 1. The number of ether oxygens (including phenoxy) is 1. The van der Waals surface area contributed by atoms with E-state index in [1.54, 1.807) is 12.4 Å². The smallest absolute Gasteiger partial charge is 0.410 e. The fourth-order valence-corrected chi connectivity index (χ4v) is 2.96. The fraction of sp³-hybridized carbons (Fsp3) is 0.706. The molecule has 2 heterocycles. The highest BCUT2D eigenvalue weighted by atomic mass is 16.6. The Kier molecular flexibility index (Phi) is 5.44. The molecule has 1 saturated heterocycles. The van der Waals surface area contributed by atoms with Crippen molar-refractivity contribution in [3.05, 3.63) is 18.1 Å². The molecule has 0 radical (unpaired) electrons. The van der Waals surface area contributed by atoms with E-state index in [1.165, 1.54) is 0 Å². The standard InChI is InChI=1S/C17H28N4O2/c1-13-15(19-9-8-18-13)20(5)11-14-7-6-10-21(12-14)16(22)23-17(2,3)4/h8-9,14H,6-7,10-12H2,1-5H3/t14-/m0/s1. The number of nitrogens with zero attached hydrogens (tertiary/aromatic N) is 4. The first-order chi connectivity index (χ1) is 10.8. The average Bonchev–Trinajstić information content (AvgIpc) is 2.46. The Labute approximate surface area is 138 Å². The third-order valence-electron chi connectivity index (χ3n) is 3.92. The Balaban J connectivity index is 1.94. The SMILES string of the molecule is Cc1nccnc1N(C)C[C@@H]1CCCN(C(=O)OC(C)(C)C)C1. The van der Waals surface area contributed by atoms with Gasteiger partial charge in [0, 0.05) is 39.1 Å². The summed E-state index contributed by atoms with van der Waals surface area (Å²) in [6.45, 7) is 10.0. The highest BCUT2D eigenvalue weighted by Crippen LogP contribution is 2.22. The highest BCUT2D eigenvalue weighted by molar-refractivity contribution is 5.68. The predicted octanol–water partition coefficient (Wildman–Crippen LogP) is 2.87. The second kappa shape index (κ2) is 7.15. The van der Waals surface area contributed by atoms with E-state index in [4.69, 9.17) is 4.74 Å². The predicted molar refractivity (Wildman–Crippen MR) is 90.6 cm³/mol. The number of hydrogen-bond acceptors (Lipinski definition) is 5. The van der Waals surface area contributed by atoms with Crippen molar-refractivity contribution in [1.82, 2.24) is 14.9 Å². The number of anilines is 1. The van der Waals surface area contributed by atoms with Crippen molar-refractivity contribution in [2.75, 3.05) is 31.6 Å². The molecule has 1 aliphatic heterocycles. The average molecular weight is 320 g/mol. The summed E-state index contributed by atoms with van der Waals surface area (Å²) in [7, 11) is 2.03. The van der Waals surface area contributed by atoms with Gasteiger partial charge in [0.25, 0.3) is 0 Å². The number of piperidine rings is 1. The summed E-state index contributed by atoms with van der Waals surface area (Å²) in [5.74, 6) is 1.32. The van der Waals surface area contributed by atoms with E-state index in [0.717, 1.165) is 44.0 Å². The maximum atomic E-state index is 12.2. The van der Waals surface area contributed by atoms with Crippen LogP contribution >= 0.6 is 0 Å². The van der Waals surface area contributed by atoms with Gasteiger partial charge in [-0.1, -0.05) is 0 Å². The van der Waals surface area contributed by atoms with Crippen LogP contribution in [0.4, 0.5) is 10.6 Å². The van der Waals surface area contributed by atoms with E-state index in [0.29, 0.717) is 5.92 Å². The van der Waals surface area contributed by atoms with Crippen LogP contribution in [0, 0.1) is 12.8 Å². The van der Waals surface area contributed by atoms with Crippen LogP contribution < -0.4 is 4.90 Å². The molecule has 6 nitrogen and oxygen atoms in total. The number of rotatable bonds is 3. The lowest BCUT2D eigenvalue weighted by molar-refractivity contribution is 0.0170. The Morgan fingerprint density at radius 2 is 2.09 bits per heavy atom. The van der Waals surface area contributed by atoms with Crippen molar-refractivity contribution < 1.29 is 9.53 Å². The third kappa shape index (κ3) is 5.08. The van der Waals surface area contributed by atoms with Gasteiger partial charge in [-0.05, 0) is 46.5 Å². The molecule has 0 bridgehead atoms. The summed E-state index contributed by atoms with van der Waals surface area (Å²) in [4.78, 5) is 24.9. The summed E-state index contributed by atoms with van der Waals surface area (Å²) in [6, 6.07) is 0. The lowest BCUT2D eigenvalue weighted by Crippen LogP contribution is -2.45. The lowest BCUT2D eigenvalue weighted by Gasteiger charge is -2.36. The molecule has 1 atom stereocenters. The number of hydrogen-bond donors (Lipinski definition) is 0. The van der Waals surface area contributed by atoms with E-state index in [2.05, 4.69) is 14.9 Å². The third-order valence-corrected chi connectivity index (χ3v) is 3.92. The van der Waals surface area contributed by atoms with Gasteiger partial charge in [-0.2, -0.15) is 0 Å². The van der Waals surface area contributed by atoms with E-state index < -0.39 is 5.60 Å². The number of aromatic nitrogens is 2. The van der Waals surface area contributed by atoms with E-state index in [1.807, 2.05) is 39.6 Å². The Bertz CT molecular complexity index is 542. The molecule has 1 aliphatic rings. The molecule has 1 aromatic heterocycles. The lowest BCUT2D eigenvalue weighted by atomic mass is 9.98. The minimum atomic E-state index is -0.447. The first-order valence-corrected chi connectivity index (χ1v) is 8.23. The first kappa shape index (κ1) is 17.5. The molecule has 6 heteroatoms. The van der Waals surface area contributed by atoms with Crippen LogP contribution in [-0.2, 0) is 4.74 Å². The van der Waals surface area contributed by atoms with Crippen molar-refractivity contribution in [1.29, 1.82) is 0 Å². The number of aryl methyl sites for hydroxylation is 1. The molecule has 1 fully saturated rings. The largest absolute Gasteiger partial charge is 0.444 e. The zero-order chi connectivity index (χ0) is 17.0. The Morgan fingerprint density at radius 3 is 2.74 bits per heavy atom. The summed E-state index contributed by atoms with van der Waals surface area (Å²) in [5, 5.41) is 0. The second-order valence-corrected chi connectivity index (χ2v) is 7.28. The van der Waals surface area contributed by atoms with Crippen LogP contribution in [0.5, 0.6) is 0 Å². The van der Waals surface area contributed by atoms with Crippen LogP contribution in [0.3, 0.4) is 0 Å². The molecule has 128 valence electrons. The van der Waals surface area contributed by atoms with Gasteiger partial charge in [-0.25, -0.2) is 9.78 Å². The van der Waals surface area contributed by atoms with Gasteiger partial charge in [-0.3, -0.25) is 4.98 Å². The quantitative estimate of drug-likeness (QED) is 0.857. The van der Waals surface area contributed by atoms with Gasteiger partial charge in [0.15, 0.2) is 0 Å². The number of carbonyl (C=O) groups excluding carboxylic acids is 1. The maximum absolute atomic E-state index is 12.2. The van der Waals surface area contributed by atoms with Crippen LogP contribution in [0.25, 0.3) is 0 Å². The molecular formula is C17H28N4O2. The molecule has 0 saturated carbocycles. The Hall–Kier alpha value is -1.85. The van der Waals surface area contributed by atoms with Crippen molar-refractivity contribution in [2.24, 2.45) is 5.92 Å². The monoisotopic (exact) mass is 320 g/mol. The molecule has 2 rings (SSSR count). The molecule has 23 heavy (non-hydrogen) atoms. The zero-order valence-corrected chi connectivity index (χ0v) is 14.9. The topological polar surface area (TPSA) is 58.6 Å². The maximum Gasteiger partial charge on any atom is 0.410 e. The van der Waals surface area contributed by atoms with Gasteiger partial charge in [0.05, 0.1) is 5.69 Å². The summed E-state index contributed by atoms with van der Waals surface area (Å²) in [6.07, 6.45) is 5.34. The van der Waals surface area contributed by atoms with Crippen LogP contribution in [0.1, 0.15) is 39.3 Å². The minimum Gasteiger partial charge on any atom is -0.444 e. The summed E-state index contributed by atoms with van der Waals surface area (Å²) in [5.41, 5.74) is 0.479. The van der Waals surface area contributed by atoms with Crippen molar-refractivity contribution in [3.63, 3.8) is 0 Å². The van der Waals surface area contributed by atoms with Crippen molar-refractivity contribution in [3.8, 4) is 0 Å². The minimum absolute atomic E-state index is 0.208. The normalized spacial score (nSPS) is 18.7. The van der Waals surface area contributed by atoms with Crippen LogP contribution in [0.2, 0.25) is 0 Å². The molecule has 0 spiro atoms. The number of likely N-dealkylation sites (tertiary alicyclic amines) is 1. The molecular weight excluding hydrogens is 292 g/mol. The van der Waals surface area contributed by atoms with E-state index >= 15 is 0 Å². The summed E-state index contributed by atoms with van der Waals surface area (Å²) >= 11 is 0. The zero-order valence-electron chi connectivity index (χ0n) is 14.9. The molecule has 1 aromatic rings. The summed E-state index contributed by atoms with van der Waals surface area (Å²) < 4.78 is 5.49. The fourth-order valence-electron chi connectivity index (χ4n) is 2.96. The van der Waals surface area contributed by atoms with Crippen LogP contribution in [-0.4, -0.2) is 53.2 Å². The molecule has 0 unspecified atom stereocenters. The van der Waals surface area contributed by atoms with Crippen molar-refractivity contribution >= 4 is 11.9 Å². The second-order valence-electron chi connectivity index (χ2n) is 7.28. The van der Waals surface area contributed by atoms with Gasteiger partial charge in [0.2, 0.25) is 0 Å². The number of amides is 1. The van der Waals surface area contributed by atoms with Gasteiger partial charge in [-0.15, -0.1) is 0 Å². The van der Waals surface area contributed by atoms with E-state index in [9.17, 15) is 4.79 Å². The first-order valence-electron chi connectivity index (χ1n) is 8.23. The molecule has 1 amide bonds. The highest BCUT2D eigenvalue weighted by Gasteiger charge is 2.28. The van der Waals surface area contributed by atoms with Crippen LogP contribution in [0.15, 0.2) is 12.4 Å². The van der Waals surface area contributed by atoms with Gasteiger partial charge < -0.3 is 14.5 Å². The van der Waals surface area contributed by atoms with E-state index in [-0.39, 0.29) is 6.09 Å². The van der Waals surface area contributed by atoms with Gasteiger partial charge >= 0.3 is 6.09 Å². The molecule has 0 N–H and O–H groups in total. The van der Waals surface area contributed by atoms with Gasteiger partial charge in [0.1, 0.15) is 11.4 Å². The molecule has 0 aliphatic carbocycles. The molecule has 0 aromatic carbocycles.